The van der Waals surface area contributed by atoms with E-state index in [9.17, 15) is 4.79 Å². The molecule has 1 aliphatic rings. The van der Waals surface area contributed by atoms with E-state index in [1.807, 2.05) is 24.4 Å². The fourth-order valence-electron chi connectivity index (χ4n) is 3.64. The number of amides is 1. The van der Waals surface area contributed by atoms with Crippen LogP contribution in [0.5, 0.6) is 0 Å². The average Bonchev–Trinajstić information content (AvgIpc) is 3.03. The zero-order valence-corrected chi connectivity index (χ0v) is 14.7. The molecule has 0 spiro atoms. The van der Waals surface area contributed by atoms with E-state index < -0.39 is 0 Å². The minimum Gasteiger partial charge on any atom is -0.365 e. The highest BCUT2D eigenvalue weighted by atomic mass is 32.1. The van der Waals surface area contributed by atoms with Crippen molar-refractivity contribution >= 4 is 27.5 Å². The van der Waals surface area contributed by atoms with Crippen molar-refractivity contribution in [3.05, 3.63) is 58.9 Å². The lowest BCUT2D eigenvalue weighted by Gasteiger charge is -2.32. The van der Waals surface area contributed by atoms with Gasteiger partial charge in [-0.1, -0.05) is 12.1 Å². The van der Waals surface area contributed by atoms with Crippen molar-refractivity contribution in [2.75, 3.05) is 13.1 Å². The number of carbonyl (C=O) groups is 1. The number of hydrogen-bond acceptors (Lipinski definition) is 5. The molecule has 0 bridgehead atoms. The smallest absolute Gasteiger partial charge is 0.259 e. The lowest BCUT2D eigenvalue weighted by atomic mass is 9.87. The Kier molecular flexibility index (Phi) is 4.46. The van der Waals surface area contributed by atoms with E-state index in [2.05, 4.69) is 27.0 Å². The Morgan fingerprint density at radius 2 is 1.96 bits per heavy atom. The summed E-state index contributed by atoms with van der Waals surface area (Å²) in [5.74, 6) is 0.0225. The Labute approximate surface area is 150 Å². The zero-order valence-electron chi connectivity index (χ0n) is 13.9. The van der Waals surface area contributed by atoms with Gasteiger partial charge in [0.1, 0.15) is 4.83 Å². The van der Waals surface area contributed by atoms with Crippen LogP contribution in [-0.4, -0.2) is 33.9 Å². The van der Waals surface area contributed by atoms with Crippen LogP contribution in [0.3, 0.4) is 0 Å². The van der Waals surface area contributed by atoms with Gasteiger partial charge >= 0.3 is 0 Å². The predicted octanol–water partition coefficient (Wildman–Crippen LogP) is 3.17. The maximum Gasteiger partial charge on any atom is 0.259 e. The van der Waals surface area contributed by atoms with E-state index >= 15 is 0 Å². The molecule has 1 aliphatic heterocycles. The quantitative estimate of drug-likeness (QED) is 0.783. The lowest BCUT2D eigenvalue weighted by molar-refractivity contribution is 0.100. The third-order valence-corrected chi connectivity index (χ3v) is 5.98. The van der Waals surface area contributed by atoms with Crippen LogP contribution in [-0.2, 0) is 6.54 Å². The van der Waals surface area contributed by atoms with Crippen molar-refractivity contribution in [2.24, 2.45) is 5.73 Å². The Bertz CT molecular complexity index is 885. The van der Waals surface area contributed by atoms with E-state index in [-0.39, 0.29) is 5.91 Å². The molecule has 0 unspecified atom stereocenters. The lowest BCUT2D eigenvalue weighted by Crippen LogP contribution is -2.33. The highest BCUT2D eigenvalue weighted by Gasteiger charge is 2.28. The molecule has 2 N–H and O–H groups in total. The molecule has 5 nitrogen and oxygen atoms in total. The SMILES string of the molecule is NC(=O)c1sc2ncccc2c1C1CCN(Cc2ccccn2)CC1. The minimum atomic E-state index is -0.339. The molecule has 0 saturated carbocycles. The number of rotatable bonds is 4. The second-order valence-electron chi connectivity index (χ2n) is 6.44. The Morgan fingerprint density at radius 3 is 2.68 bits per heavy atom. The Hall–Kier alpha value is -2.31. The first kappa shape index (κ1) is 16.2. The van der Waals surface area contributed by atoms with Crippen LogP contribution >= 0.6 is 11.3 Å². The minimum absolute atomic E-state index is 0.339. The highest BCUT2D eigenvalue weighted by molar-refractivity contribution is 7.20. The summed E-state index contributed by atoms with van der Waals surface area (Å²) in [5, 5.41) is 1.09. The van der Waals surface area contributed by atoms with Gasteiger partial charge in [0.25, 0.3) is 5.91 Å². The van der Waals surface area contributed by atoms with Crippen molar-refractivity contribution in [3.8, 4) is 0 Å². The molecule has 0 aliphatic carbocycles. The van der Waals surface area contributed by atoms with Gasteiger partial charge in [0.05, 0.1) is 10.6 Å². The van der Waals surface area contributed by atoms with Gasteiger partial charge < -0.3 is 5.73 Å². The maximum absolute atomic E-state index is 11.9. The first-order valence-electron chi connectivity index (χ1n) is 8.52. The second kappa shape index (κ2) is 6.90. The summed E-state index contributed by atoms with van der Waals surface area (Å²) in [5.41, 5.74) is 7.85. The number of fused-ring (bicyclic) bond motifs is 1. The summed E-state index contributed by atoms with van der Waals surface area (Å²) in [6.45, 7) is 2.87. The molecule has 25 heavy (non-hydrogen) atoms. The van der Waals surface area contributed by atoms with Crippen LogP contribution in [0.4, 0.5) is 0 Å². The van der Waals surface area contributed by atoms with Crippen molar-refractivity contribution in [3.63, 3.8) is 0 Å². The number of carbonyl (C=O) groups excluding carboxylic acids is 1. The second-order valence-corrected chi connectivity index (χ2v) is 7.44. The van der Waals surface area contributed by atoms with Gasteiger partial charge in [0, 0.05) is 24.3 Å². The molecule has 0 radical (unpaired) electrons. The summed E-state index contributed by atoms with van der Waals surface area (Å²) in [6, 6.07) is 10.0. The molecule has 6 heteroatoms. The monoisotopic (exact) mass is 352 g/mol. The summed E-state index contributed by atoms with van der Waals surface area (Å²) in [7, 11) is 0. The predicted molar refractivity (Wildman–Crippen MR) is 99.6 cm³/mol. The molecular formula is C19H20N4OS. The molecule has 4 rings (SSSR count). The summed E-state index contributed by atoms with van der Waals surface area (Å²) >= 11 is 1.42. The summed E-state index contributed by atoms with van der Waals surface area (Å²) in [6.07, 6.45) is 5.65. The molecule has 0 aromatic carbocycles. The normalized spacial score (nSPS) is 16.3. The van der Waals surface area contributed by atoms with Crippen LogP contribution in [0.25, 0.3) is 10.2 Å². The largest absolute Gasteiger partial charge is 0.365 e. The zero-order chi connectivity index (χ0) is 17.2. The van der Waals surface area contributed by atoms with E-state index in [1.165, 1.54) is 11.3 Å². The maximum atomic E-state index is 11.9. The topological polar surface area (TPSA) is 72.1 Å². The Balaban J connectivity index is 1.54. The van der Waals surface area contributed by atoms with Gasteiger partial charge in [-0.2, -0.15) is 0 Å². The van der Waals surface area contributed by atoms with Gasteiger partial charge in [0.15, 0.2) is 0 Å². The van der Waals surface area contributed by atoms with Crippen LogP contribution in [0.15, 0.2) is 42.7 Å². The number of hydrogen-bond donors (Lipinski definition) is 1. The third-order valence-electron chi connectivity index (χ3n) is 4.84. The van der Waals surface area contributed by atoms with E-state index in [4.69, 9.17) is 5.73 Å². The number of nitrogens with zero attached hydrogens (tertiary/aromatic N) is 3. The Morgan fingerprint density at radius 1 is 1.16 bits per heavy atom. The molecular weight excluding hydrogens is 332 g/mol. The van der Waals surface area contributed by atoms with Gasteiger partial charge in [-0.15, -0.1) is 11.3 Å². The standard InChI is InChI=1S/C19H20N4OS/c20-18(24)17-16(15-5-3-9-22-19(15)25-17)13-6-10-23(11-7-13)12-14-4-1-2-8-21-14/h1-5,8-9,13H,6-7,10-12H2,(H2,20,24). The van der Waals surface area contributed by atoms with E-state index in [0.29, 0.717) is 10.8 Å². The number of nitrogens with two attached hydrogens (primary N) is 1. The number of likely N-dealkylation sites (tertiary alicyclic amines) is 1. The van der Waals surface area contributed by atoms with Crippen LogP contribution in [0.1, 0.15) is 39.7 Å². The van der Waals surface area contributed by atoms with Gasteiger partial charge in [-0.05, 0) is 55.6 Å². The molecule has 1 saturated heterocycles. The van der Waals surface area contributed by atoms with Crippen molar-refractivity contribution in [2.45, 2.75) is 25.3 Å². The number of piperidine rings is 1. The van der Waals surface area contributed by atoms with E-state index in [0.717, 1.165) is 53.9 Å². The molecule has 4 heterocycles. The first-order valence-corrected chi connectivity index (χ1v) is 9.33. The van der Waals surface area contributed by atoms with Crippen LogP contribution in [0.2, 0.25) is 0 Å². The fraction of sp³-hybridized carbons (Fsp3) is 0.316. The highest BCUT2D eigenvalue weighted by Crippen LogP contribution is 2.39. The molecule has 3 aromatic rings. The molecule has 3 aromatic heterocycles. The third kappa shape index (κ3) is 3.27. The van der Waals surface area contributed by atoms with Crippen molar-refractivity contribution < 1.29 is 4.79 Å². The van der Waals surface area contributed by atoms with Gasteiger partial charge in [-0.3, -0.25) is 14.7 Å². The summed E-state index contributed by atoms with van der Waals surface area (Å²) < 4.78 is 0. The van der Waals surface area contributed by atoms with Crippen LogP contribution in [0, 0.1) is 0 Å². The van der Waals surface area contributed by atoms with Gasteiger partial charge in [0.2, 0.25) is 0 Å². The molecule has 1 fully saturated rings. The van der Waals surface area contributed by atoms with Crippen molar-refractivity contribution in [1.29, 1.82) is 0 Å². The molecule has 1 amide bonds. The van der Waals surface area contributed by atoms with Gasteiger partial charge in [-0.25, -0.2) is 4.98 Å². The average molecular weight is 352 g/mol. The summed E-state index contributed by atoms with van der Waals surface area (Å²) in [4.78, 5) is 24.7. The van der Waals surface area contributed by atoms with Crippen LogP contribution < -0.4 is 5.73 Å². The van der Waals surface area contributed by atoms with E-state index in [1.54, 1.807) is 6.20 Å². The first-order chi connectivity index (χ1) is 12.2. The molecule has 128 valence electrons. The number of pyridine rings is 2. The molecule has 0 atom stereocenters. The number of aromatic nitrogens is 2. The number of primary amides is 1. The van der Waals surface area contributed by atoms with Crippen molar-refractivity contribution in [1.82, 2.24) is 14.9 Å². The fourth-order valence-corrected chi connectivity index (χ4v) is 4.72. The number of thiophene rings is 1.